The van der Waals surface area contributed by atoms with Crippen LogP contribution in [-0.4, -0.2) is 36.7 Å². The number of hydrogen-bond acceptors (Lipinski definition) is 3. The Kier molecular flexibility index (Phi) is 11.2. The highest BCUT2D eigenvalue weighted by atomic mass is 35.5. The molecule has 0 amide bonds. The predicted molar refractivity (Wildman–Crippen MR) is 127 cm³/mol. The van der Waals surface area contributed by atoms with E-state index in [1.165, 1.54) is 57.9 Å². The summed E-state index contributed by atoms with van der Waals surface area (Å²) < 4.78 is 5.81. The third kappa shape index (κ3) is 8.96. The fourth-order valence-corrected chi connectivity index (χ4v) is 4.73. The second-order valence-corrected chi connectivity index (χ2v) is 9.84. The van der Waals surface area contributed by atoms with Crippen molar-refractivity contribution in [1.82, 2.24) is 4.90 Å². The van der Waals surface area contributed by atoms with Crippen molar-refractivity contribution in [2.45, 2.75) is 103 Å². The van der Waals surface area contributed by atoms with Gasteiger partial charge < -0.3 is 4.74 Å². The summed E-state index contributed by atoms with van der Waals surface area (Å²) in [6, 6.07) is 10.3. The predicted octanol–water partition coefficient (Wildman–Crippen LogP) is 7.13. The molecule has 2 rings (SSSR count). The summed E-state index contributed by atoms with van der Waals surface area (Å²) in [4.78, 5) is 2.57. The van der Waals surface area contributed by atoms with Gasteiger partial charge in [-0.15, -0.1) is 0 Å². The monoisotopic (exact) mass is 432 g/mol. The van der Waals surface area contributed by atoms with Crippen molar-refractivity contribution >= 4 is 11.6 Å². The first-order valence-electron chi connectivity index (χ1n) is 12.0. The van der Waals surface area contributed by atoms with E-state index in [1.807, 2.05) is 24.3 Å². The van der Waals surface area contributed by atoms with Gasteiger partial charge in [0.2, 0.25) is 0 Å². The molecule has 1 aliphatic heterocycles. The topological polar surface area (TPSA) is 36.3 Å². The van der Waals surface area contributed by atoms with Crippen LogP contribution in [0.4, 0.5) is 0 Å². The van der Waals surface area contributed by atoms with E-state index in [0.717, 1.165) is 36.5 Å². The van der Waals surface area contributed by atoms with E-state index in [4.69, 9.17) is 16.3 Å². The molecule has 3 atom stereocenters. The van der Waals surface area contributed by atoms with Crippen molar-refractivity contribution in [3.63, 3.8) is 0 Å². The van der Waals surface area contributed by atoms with Crippen molar-refractivity contribution in [2.75, 3.05) is 19.6 Å². The molecule has 30 heavy (non-hydrogen) atoms. The summed E-state index contributed by atoms with van der Waals surface area (Å²) in [5.74, 6) is 0. The van der Waals surface area contributed by atoms with E-state index in [0.29, 0.717) is 12.2 Å². The minimum atomic E-state index is -0.402. The molecular weight excluding hydrogens is 392 g/mol. The zero-order chi connectivity index (χ0) is 21.8. The lowest BCUT2D eigenvalue weighted by molar-refractivity contribution is -0.0681. The summed E-state index contributed by atoms with van der Waals surface area (Å²) in [6.07, 6.45) is 13.4. The summed E-state index contributed by atoms with van der Waals surface area (Å²) in [7, 11) is 0. The highest BCUT2D eigenvalue weighted by Gasteiger charge is 2.25. The quantitative estimate of drug-likeness (QED) is 0.311. The Balaban J connectivity index is 1.46. The molecule has 1 aromatic rings. The zero-order valence-corrected chi connectivity index (χ0v) is 20.1. The van der Waals surface area contributed by atoms with Crippen LogP contribution in [0.25, 0.3) is 0 Å². The van der Waals surface area contributed by atoms with Gasteiger partial charge in [-0.2, -0.15) is 5.26 Å². The molecule has 0 spiro atoms. The highest BCUT2D eigenvalue weighted by Crippen LogP contribution is 2.30. The van der Waals surface area contributed by atoms with Gasteiger partial charge in [0.05, 0.1) is 23.7 Å². The number of ether oxygens (including phenoxy) is 1. The van der Waals surface area contributed by atoms with Gasteiger partial charge in [-0.3, -0.25) is 4.90 Å². The maximum atomic E-state index is 9.67. The summed E-state index contributed by atoms with van der Waals surface area (Å²) >= 11 is 5.98. The lowest BCUT2D eigenvalue weighted by Crippen LogP contribution is -2.45. The van der Waals surface area contributed by atoms with Gasteiger partial charge in [0.15, 0.2) is 0 Å². The van der Waals surface area contributed by atoms with E-state index in [2.05, 4.69) is 31.7 Å². The highest BCUT2D eigenvalue weighted by molar-refractivity contribution is 6.30. The molecule has 4 heteroatoms. The van der Waals surface area contributed by atoms with Gasteiger partial charge in [0.1, 0.15) is 0 Å². The van der Waals surface area contributed by atoms with Gasteiger partial charge in [0, 0.05) is 18.1 Å². The molecule has 0 aliphatic carbocycles. The van der Waals surface area contributed by atoms with Crippen molar-refractivity contribution in [3.8, 4) is 6.07 Å². The smallest absolute Gasteiger partial charge is 0.0794 e. The number of nitriles is 1. The van der Waals surface area contributed by atoms with E-state index in [9.17, 15) is 5.26 Å². The molecule has 1 aromatic carbocycles. The Bertz CT molecular complexity index is 631. The number of morpholine rings is 1. The number of hydrogen-bond donors (Lipinski definition) is 0. The van der Waals surface area contributed by atoms with Crippen LogP contribution in [0.3, 0.4) is 0 Å². The van der Waals surface area contributed by atoms with E-state index in [1.54, 1.807) is 0 Å². The van der Waals surface area contributed by atoms with Crippen LogP contribution in [0.15, 0.2) is 24.3 Å². The van der Waals surface area contributed by atoms with Gasteiger partial charge in [-0.25, -0.2) is 0 Å². The second kappa shape index (κ2) is 13.4. The van der Waals surface area contributed by atoms with Crippen LogP contribution >= 0.6 is 11.6 Å². The first-order chi connectivity index (χ1) is 14.4. The molecule has 1 fully saturated rings. The number of halogens is 1. The molecule has 0 radical (unpaired) electrons. The lowest BCUT2D eigenvalue weighted by Gasteiger charge is -2.35. The van der Waals surface area contributed by atoms with Gasteiger partial charge in [-0.05, 0) is 57.9 Å². The molecule has 1 aliphatic rings. The number of nitrogens with zero attached hydrogens (tertiary/aromatic N) is 2. The summed E-state index contributed by atoms with van der Waals surface area (Å²) in [5, 5.41) is 10.4. The normalized spacial score (nSPS) is 21.8. The van der Waals surface area contributed by atoms with E-state index >= 15 is 0 Å². The zero-order valence-electron chi connectivity index (χ0n) is 19.3. The molecule has 1 heterocycles. The van der Waals surface area contributed by atoms with E-state index < -0.39 is 5.41 Å². The van der Waals surface area contributed by atoms with E-state index in [-0.39, 0.29) is 0 Å². The largest absolute Gasteiger partial charge is 0.373 e. The molecule has 168 valence electrons. The van der Waals surface area contributed by atoms with Gasteiger partial charge in [0.25, 0.3) is 0 Å². The Morgan fingerprint density at radius 3 is 1.97 bits per heavy atom. The minimum Gasteiger partial charge on any atom is -0.373 e. The molecule has 0 N–H and O–H groups in total. The average Bonchev–Trinajstić information content (AvgIpc) is 2.71. The standard InChI is InChI=1S/C26H41ClN2O/c1-22-19-29(20-23(2)30-22)18-12-10-8-6-4-5-7-9-11-17-26(3,21-28)24-13-15-25(27)16-14-24/h13-16,22-23H,4-12,17-20H2,1-3H3. The van der Waals surface area contributed by atoms with Crippen LogP contribution in [0.1, 0.15) is 90.5 Å². The lowest BCUT2D eigenvalue weighted by atomic mass is 9.79. The fourth-order valence-electron chi connectivity index (χ4n) is 4.60. The van der Waals surface area contributed by atoms with Crippen LogP contribution in [0.2, 0.25) is 5.02 Å². The Morgan fingerprint density at radius 2 is 1.43 bits per heavy atom. The number of rotatable bonds is 13. The molecule has 3 nitrogen and oxygen atoms in total. The van der Waals surface area contributed by atoms with Crippen molar-refractivity contribution < 1.29 is 4.74 Å². The third-order valence-electron chi connectivity index (χ3n) is 6.37. The van der Waals surface area contributed by atoms with Crippen molar-refractivity contribution in [1.29, 1.82) is 5.26 Å². The minimum absolute atomic E-state index is 0.381. The van der Waals surface area contributed by atoms with Crippen LogP contribution in [-0.2, 0) is 10.2 Å². The summed E-state index contributed by atoms with van der Waals surface area (Å²) in [5.41, 5.74) is 0.677. The van der Waals surface area contributed by atoms with Crippen molar-refractivity contribution in [2.24, 2.45) is 0 Å². The number of benzene rings is 1. The molecule has 3 unspecified atom stereocenters. The van der Waals surface area contributed by atoms with Gasteiger partial charge >= 0.3 is 0 Å². The molecule has 0 bridgehead atoms. The first-order valence-corrected chi connectivity index (χ1v) is 12.4. The Labute approximate surface area is 189 Å². The summed E-state index contributed by atoms with van der Waals surface area (Å²) in [6.45, 7) is 9.82. The maximum Gasteiger partial charge on any atom is 0.0794 e. The van der Waals surface area contributed by atoms with Crippen LogP contribution in [0, 0.1) is 11.3 Å². The fraction of sp³-hybridized carbons (Fsp3) is 0.731. The second-order valence-electron chi connectivity index (χ2n) is 9.40. The SMILES string of the molecule is CC1CN(CCCCCCCCCCCC(C)(C#N)c2ccc(Cl)cc2)CC(C)O1. The molecule has 1 saturated heterocycles. The van der Waals surface area contributed by atoms with Crippen LogP contribution < -0.4 is 0 Å². The molecular formula is C26H41ClN2O. The average molecular weight is 433 g/mol. The Morgan fingerprint density at radius 1 is 0.933 bits per heavy atom. The van der Waals surface area contributed by atoms with Gasteiger partial charge in [-0.1, -0.05) is 75.1 Å². The first kappa shape index (κ1) is 25.2. The maximum absolute atomic E-state index is 9.67. The van der Waals surface area contributed by atoms with Crippen LogP contribution in [0.5, 0.6) is 0 Å². The number of unbranched alkanes of at least 4 members (excludes halogenated alkanes) is 8. The Hall–Kier alpha value is -1.08. The molecule has 0 saturated carbocycles. The third-order valence-corrected chi connectivity index (χ3v) is 6.63. The van der Waals surface area contributed by atoms with Crippen molar-refractivity contribution in [3.05, 3.63) is 34.9 Å². The molecule has 0 aromatic heterocycles.